The molecule has 0 saturated heterocycles. The molecule has 1 heterocycles. The summed E-state index contributed by atoms with van der Waals surface area (Å²) in [5.74, 6) is 0. The molecule has 0 saturated carbocycles. The fourth-order valence-electron chi connectivity index (χ4n) is 1.65. The molecule has 84 valence electrons. The molecule has 0 radical (unpaired) electrons. The van der Waals surface area contributed by atoms with E-state index < -0.39 is 0 Å². The van der Waals surface area contributed by atoms with E-state index >= 15 is 0 Å². The summed E-state index contributed by atoms with van der Waals surface area (Å²) in [6, 6.07) is 5.93. The van der Waals surface area contributed by atoms with Gasteiger partial charge in [-0.25, -0.2) is 4.68 Å². The molecule has 0 spiro atoms. The Kier molecular flexibility index (Phi) is 3.12. The first-order valence-corrected chi connectivity index (χ1v) is 5.83. The van der Waals surface area contributed by atoms with Crippen molar-refractivity contribution >= 4 is 15.9 Å². The van der Waals surface area contributed by atoms with Gasteiger partial charge in [0, 0.05) is 10.7 Å². The molecule has 1 aromatic heterocycles. The van der Waals surface area contributed by atoms with E-state index in [9.17, 15) is 0 Å². The smallest absolute Gasteiger partial charge is 0.0883 e. The Bertz CT molecular complexity index is 496. The zero-order valence-corrected chi connectivity index (χ0v) is 10.8. The van der Waals surface area contributed by atoms with E-state index in [1.54, 1.807) is 4.68 Å². The quantitative estimate of drug-likeness (QED) is 0.919. The average molecular weight is 281 g/mol. The molecule has 0 aliphatic rings. The molecule has 4 heteroatoms. The topological polar surface area (TPSA) is 38.0 Å². The van der Waals surface area contributed by atoms with Crippen LogP contribution in [0.1, 0.15) is 16.8 Å². The fraction of sp³-hybridized carbons (Fsp3) is 0.250. The van der Waals surface area contributed by atoms with Crippen molar-refractivity contribution in [2.24, 2.45) is 0 Å². The minimum atomic E-state index is -0.0263. The summed E-state index contributed by atoms with van der Waals surface area (Å²) in [5, 5.41) is 13.2. The fourth-order valence-corrected chi connectivity index (χ4v) is 1.87. The van der Waals surface area contributed by atoms with Gasteiger partial charge in [-0.15, -0.1) is 0 Å². The van der Waals surface area contributed by atoms with Crippen LogP contribution >= 0.6 is 15.9 Å². The summed E-state index contributed by atoms with van der Waals surface area (Å²) in [6.45, 7) is 4.08. The van der Waals surface area contributed by atoms with Gasteiger partial charge < -0.3 is 5.11 Å². The molecule has 2 rings (SSSR count). The van der Waals surface area contributed by atoms with Gasteiger partial charge in [-0.1, -0.05) is 15.9 Å². The van der Waals surface area contributed by atoms with Crippen LogP contribution in [0.4, 0.5) is 0 Å². The molecule has 0 amide bonds. The maximum Gasteiger partial charge on any atom is 0.0883 e. The predicted molar refractivity (Wildman–Crippen MR) is 66.7 cm³/mol. The highest BCUT2D eigenvalue weighted by Crippen LogP contribution is 2.24. The third-order valence-electron chi connectivity index (χ3n) is 2.49. The van der Waals surface area contributed by atoms with Crippen LogP contribution in [0.5, 0.6) is 0 Å². The van der Waals surface area contributed by atoms with E-state index in [-0.39, 0.29) is 6.61 Å². The maximum atomic E-state index is 8.97. The Labute approximate surface area is 103 Å². The summed E-state index contributed by atoms with van der Waals surface area (Å²) in [7, 11) is 0. The van der Waals surface area contributed by atoms with Gasteiger partial charge in [0.1, 0.15) is 0 Å². The second-order valence-corrected chi connectivity index (χ2v) is 4.60. The molecule has 0 unspecified atom stereocenters. The van der Waals surface area contributed by atoms with E-state index in [2.05, 4.69) is 47.0 Å². The Morgan fingerprint density at radius 3 is 2.44 bits per heavy atom. The number of aliphatic hydroxyl groups is 1. The van der Waals surface area contributed by atoms with Gasteiger partial charge >= 0.3 is 0 Å². The Balaban J connectivity index is 2.48. The van der Waals surface area contributed by atoms with Crippen molar-refractivity contribution in [3.05, 3.63) is 45.7 Å². The maximum absolute atomic E-state index is 8.97. The third kappa shape index (κ3) is 2.03. The zero-order valence-electron chi connectivity index (χ0n) is 9.24. The summed E-state index contributed by atoms with van der Waals surface area (Å²) in [4.78, 5) is 0. The number of rotatable bonds is 2. The average Bonchev–Trinajstić information content (AvgIpc) is 2.73. The van der Waals surface area contributed by atoms with Crippen molar-refractivity contribution in [1.82, 2.24) is 9.78 Å². The van der Waals surface area contributed by atoms with Crippen LogP contribution < -0.4 is 0 Å². The minimum Gasteiger partial charge on any atom is -0.390 e. The highest BCUT2D eigenvalue weighted by atomic mass is 79.9. The SMILES string of the molecule is Cc1cc(-n2ccc(CO)n2)cc(C)c1Br. The number of hydrogen-bond donors (Lipinski definition) is 1. The van der Waals surface area contributed by atoms with Crippen molar-refractivity contribution in [3.63, 3.8) is 0 Å². The number of aromatic nitrogens is 2. The molecule has 0 aliphatic heterocycles. The van der Waals surface area contributed by atoms with Crippen molar-refractivity contribution in [3.8, 4) is 5.69 Å². The van der Waals surface area contributed by atoms with Crippen LogP contribution in [0, 0.1) is 13.8 Å². The molecule has 0 fully saturated rings. The van der Waals surface area contributed by atoms with Crippen LogP contribution in [-0.4, -0.2) is 14.9 Å². The second kappa shape index (κ2) is 4.39. The van der Waals surface area contributed by atoms with Gasteiger partial charge in [-0.05, 0) is 43.2 Å². The van der Waals surface area contributed by atoms with Crippen LogP contribution in [0.3, 0.4) is 0 Å². The monoisotopic (exact) mass is 280 g/mol. The number of aryl methyl sites for hydroxylation is 2. The van der Waals surface area contributed by atoms with Crippen molar-refractivity contribution in [2.45, 2.75) is 20.5 Å². The summed E-state index contributed by atoms with van der Waals surface area (Å²) >= 11 is 3.54. The number of hydrogen-bond acceptors (Lipinski definition) is 2. The molecule has 2 aromatic rings. The highest BCUT2D eigenvalue weighted by molar-refractivity contribution is 9.10. The van der Waals surface area contributed by atoms with E-state index in [0.717, 1.165) is 10.2 Å². The Morgan fingerprint density at radius 2 is 1.94 bits per heavy atom. The van der Waals surface area contributed by atoms with E-state index in [1.807, 2.05) is 12.3 Å². The standard InChI is InChI=1S/C12H13BrN2O/c1-8-5-11(6-9(2)12(8)13)15-4-3-10(7-16)14-15/h3-6,16H,7H2,1-2H3. The lowest BCUT2D eigenvalue weighted by molar-refractivity contribution is 0.276. The van der Waals surface area contributed by atoms with Gasteiger partial charge in [0.05, 0.1) is 18.0 Å². The molecule has 3 nitrogen and oxygen atoms in total. The highest BCUT2D eigenvalue weighted by Gasteiger charge is 2.05. The first-order chi connectivity index (χ1) is 7.61. The van der Waals surface area contributed by atoms with E-state index in [1.165, 1.54) is 11.1 Å². The molecule has 1 N–H and O–H groups in total. The molecule has 0 aliphatic carbocycles. The lowest BCUT2D eigenvalue weighted by Gasteiger charge is -2.07. The van der Waals surface area contributed by atoms with Crippen molar-refractivity contribution in [1.29, 1.82) is 0 Å². The van der Waals surface area contributed by atoms with E-state index in [4.69, 9.17) is 5.11 Å². The van der Waals surface area contributed by atoms with Gasteiger partial charge in [0.15, 0.2) is 0 Å². The van der Waals surface area contributed by atoms with Crippen LogP contribution in [0.2, 0.25) is 0 Å². The number of aliphatic hydroxyl groups excluding tert-OH is 1. The molecule has 1 aromatic carbocycles. The molecule has 0 bridgehead atoms. The predicted octanol–water partition coefficient (Wildman–Crippen LogP) is 2.74. The van der Waals surface area contributed by atoms with Gasteiger partial charge in [0.25, 0.3) is 0 Å². The van der Waals surface area contributed by atoms with Gasteiger partial charge in [-0.2, -0.15) is 5.10 Å². The summed E-state index contributed by atoms with van der Waals surface area (Å²) in [6.07, 6.45) is 1.85. The lowest BCUT2D eigenvalue weighted by Crippen LogP contribution is -1.98. The van der Waals surface area contributed by atoms with Gasteiger partial charge in [-0.3, -0.25) is 0 Å². The largest absolute Gasteiger partial charge is 0.390 e. The Morgan fingerprint density at radius 1 is 1.31 bits per heavy atom. The van der Waals surface area contributed by atoms with Crippen LogP contribution in [0.25, 0.3) is 5.69 Å². The molecular formula is C12H13BrN2O. The molecule has 0 atom stereocenters. The first-order valence-electron chi connectivity index (χ1n) is 5.04. The molecule has 16 heavy (non-hydrogen) atoms. The lowest BCUT2D eigenvalue weighted by atomic mass is 10.1. The van der Waals surface area contributed by atoms with Crippen LogP contribution in [0.15, 0.2) is 28.9 Å². The van der Waals surface area contributed by atoms with E-state index in [0.29, 0.717) is 5.69 Å². The summed E-state index contributed by atoms with van der Waals surface area (Å²) in [5.41, 5.74) is 4.04. The normalized spacial score (nSPS) is 10.8. The molecular weight excluding hydrogens is 268 g/mol. The minimum absolute atomic E-state index is 0.0263. The van der Waals surface area contributed by atoms with Crippen molar-refractivity contribution in [2.75, 3.05) is 0 Å². The first kappa shape index (κ1) is 11.4. The number of benzene rings is 1. The second-order valence-electron chi connectivity index (χ2n) is 3.80. The Hall–Kier alpha value is -1.13. The summed E-state index contributed by atoms with van der Waals surface area (Å²) < 4.78 is 2.91. The number of nitrogens with zero attached hydrogens (tertiary/aromatic N) is 2. The van der Waals surface area contributed by atoms with Gasteiger partial charge in [0.2, 0.25) is 0 Å². The zero-order chi connectivity index (χ0) is 11.7. The number of halogens is 1. The third-order valence-corrected chi connectivity index (χ3v) is 3.74. The van der Waals surface area contributed by atoms with Crippen molar-refractivity contribution < 1.29 is 5.11 Å². The van der Waals surface area contributed by atoms with Crippen LogP contribution in [-0.2, 0) is 6.61 Å².